The third-order valence-electron chi connectivity index (χ3n) is 5.10. The van der Waals surface area contributed by atoms with E-state index < -0.39 is 5.54 Å². The van der Waals surface area contributed by atoms with E-state index in [1.165, 1.54) is 0 Å². The first-order chi connectivity index (χ1) is 12.0. The van der Waals surface area contributed by atoms with Gasteiger partial charge in [0.2, 0.25) is 5.91 Å². The fourth-order valence-electron chi connectivity index (χ4n) is 3.50. The van der Waals surface area contributed by atoms with Crippen molar-refractivity contribution >= 4 is 11.8 Å². The van der Waals surface area contributed by atoms with E-state index in [9.17, 15) is 9.59 Å². The van der Waals surface area contributed by atoms with Gasteiger partial charge in [-0.3, -0.25) is 14.3 Å². The molecular formula is C19H24N4O2. The Morgan fingerprint density at radius 2 is 2.04 bits per heavy atom. The molecule has 1 aromatic heterocycles. The van der Waals surface area contributed by atoms with E-state index in [1.807, 2.05) is 32.0 Å². The zero-order valence-electron chi connectivity index (χ0n) is 15.0. The van der Waals surface area contributed by atoms with Crippen molar-refractivity contribution in [3.05, 3.63) is 53.3 Å². The smallest absolute Gasteiger partial charge is 0.253 e. The number of nitrogens with zero attached hydrogens (tertiary/aromatic N) is 3. The van der Waals surface area contributed by atoms with Crippen LogP contribution in [0.1, 0.15) is 34.3 Å². The number of aromatic nitrogens is 2. The van der Waals surface area contributed by atoms with E-state index in [1.54, 1.807) is 35.1 Å². The lowest BCUT2D eigenvalue weighted by atomic mass is 9.87. The predicted molar refractivity (Wildman–Crippen MR) is 95.3 cm³/mol. The fraction of sp³-hybridized carbons (Fsp3) is 0.421. The van der Waals surface area contributed by atoms with E-state index in [0.29, 0.717) is 25.1 Å². The minimum absolute atomic E-state index is 0.0387. The molecule has 0 spiro atoms. The van der Waals surface area contributed by atoms with Gasteiger partial charge in [0, 0.05) is 31.5 Å². The molecule has 1 fully saturated rings. The third kappa shape index (κ3) is 3.04. The van der Waals surface area contributed by atoms with Crippen molar-refractivity contribution in [1.29, 1.82) is 0 Å². The number of benzene rings is 1. The van der Waals surface area contributed by atoms with Crippen molar-refractivity contribution in [3.63, 3.8) is 0 Å². The average molecular weight is 340 g/mol. The number of amides is 2. The minimum Gasteiger partial charge on any atom is -0.357 e. The SMILES string of the molecule is CNC(=O)C1(n2cccn2)CCCN(C(=O)c2ccc(C)c(C)c2)C1. The van der Waals surface area contributed by atoms with E-state index in [4.69, 9.17) is 0 Å². The van der Waals surface area contributed by atoms with Gasteiger partial charge in [0.15, 0.2) is 5.54 Å². The Balaban J connectivity index is 1.92. The molecule has 1 N–H and O–H groups in total. The van der Waals surface area contributed by atoms with Crippen LogP contribution in [0, 0.1) is 13.8 Å². The summed E-state index contributed by atoms with van der Waals surface area (Å²) in [4.78, 5) is 27.4. The normalized spacial score (nSPS) is 20.4. The molecule has 2 aromatic rings. The molecule has 6 heteroatoms. The first-order valence-corrected chi connectivity index (χ1v) is 8.57. The number of hydrogen-bond donors (Lipinski definition) is 1. The van der Waals surface area contributed by atoms with Crippen molar-refractivity contribution in [2.24, 2.45) is 0 Å². The van der Waals surface area contributed by atoms with Gasteiger partial charge in [0.1, 0.15) is 0 Å². The molecule has 2 amide bonds. The van der Waals surface area contributed by atoms with Gasteiger partial charge in [-0.15, -0.1) is 0 Å². The molecule has 1 aliphatic rings. The van der Waals surface area contributed by atoms with Crippen molar-refractivity contribution in [3.8, 4) is 0 Å². The summed E-state index contributed by atoms with van der Waals surface area (Å²) >= 11 is 0. The molecule has 1 aromatic carbocycles. The molecule has 1 saturated heterocycles. The number of aryl methyl sites for hydroxylation is 2. The first kappa shape index (κ1) is 17.2. The van der Waals surface area contributed by atoms with Crippen molar-refractivity contribution < 1.29 is 9.59 Å². The Morgan fingerprint density at radius 1 is 1.24 bits per heavy atom. The average Bonchev–Trinajstić information content (AvgIpc) is 3.18. The van der Waals surface area contributed by atoms with Gasteiger partial charge < -0.3 is 10.2 Å². The summed E-state index contributed by atoms with van der Waals surface area (Å²) in [5, 5.41) is 7.03. The van der Waals surface area contributed by atoms with E-state index >= 15 is 0 Å². The highest BCUT2D eigenvalue weighted by Gasteiger charge is 2.45. The van der Waals surface area contributed by atoms with E-state index in [2.05, 4.69) is 10.4 Å². The van der Waals surface area contributed by atoms with Crippen LogP contribution in [0.3, 0.4) is 0 Å². The Kier molecular flexibility index (Phi) is 4.61. The molecule has 2 heterocycles. The Labute approximate surface area is 147 Å². The van der Waals surface area contributed by atoms with Crippen LogP contribution in [-0.2, 0) is 10.3 Å². The van der Waals surface area contributed by atoms with Crippen LogP contribution in [0.2, 0.25) is 0 Å². The number of likely N-dealkylation sites (N-methyl/N-ethyl adjacent to an activating group) is 1. The fourth-order valence-corrected chi connectivity index (χ4v) is 3.50. The maximum absolute atomic E-state index is 13.0. The molecular weight excluding hydrogens is 316 g/mol. The second-order valence-corrected chi connectivity index (χ2v) is 6.69. The Bertz CT molecular complexity index is 785. The Hall–Kier alpha value is -2.63. The van der Waals surface area contributed by atoms with Crippen molar-refractivity contribution in [2.75, 3.05) is 20.1 Å². The number of likely N-dealkylation sites (tertiary alicyclic amines) is 1. The summed E-state index contributed by atoms with van der Waals surface area (Å²) in [5.41, 5.74) is 2.06. The molecule has 3 rings (SSSR count). The predicted octanol–water partition coefficient (Wildman–Crippen LogP) is 1.88. The van der Waals surface area contributed by atoms with Gasteiger partial charge in [0.05, 0.1) is 6.54 Å². The van der Waals surface area contributed by atoms with Gasteiger partial charge >= 0.3 is 0 Å². The van der Waals surface area contributed by atoms with Crippen LogP contribution >= 0.6 is 0 Å². The van der Waals surface area contributed by atoms with Crippen LogP contribution in [0.4, 0.5) is 0 Å². The molecule has 132 valence electrons. The molecule has 0 saturated carbocycles. The molecule has 1 unspecified atom stereocenters. The summed E-state index contributed by atoms with van der Waals surface area (Å²) in [5.74, 6) is -0.156. The second kappa shape index (κ2) is 6.70. The zero-order chi connectivity index (χ0) is 18.0. The van der Waals surface area contributed by atoms with Gasteiger partial charge in [0.25, 0.3) is 5.91 Å². The number of carbonyl (C=O) groups is 2. The van der Waals surface area contributed by atoms with Crippen LogP contribution in [-0.4, -0.2) is 46.6 Å². The lowest BCUT2D eigenvalue weighted by Crippen LogP contribution is -2.59. The van der Waals surface area contributed by atoms with Crippen molar-refractivity contribution in [2.45, 2.75) is 32.2 Å². The quantitative estimate of drug-likeness (QED) is 0.928. The summed E-state index contributed by atoms with van der Waals surface area (Å²) in [7, 11) is 1.62. The second-order valence-electron chi connectivity index (χ2n) is 6.69. The first-order valence-electron chi connectivity index (χ1n) is 8.57. The largest absolute Gasteiger partial charge is 0.357 e. The van der Waals surface area contributed by atoms with Gasteiger partial charge in [-0.2, -0.15) is 5.10 Å². The number of carbonyl (C=O) groups excluding carboxylic acids is 2. The molecule has 0 radical (unpaired) electrons. The highest BCUT2D eigenvalue weighted by atomic mass is 16.2. The number of nitrogens with one attached hydrogen (secondary N) is 1. The number of piperidine rings is 1. The molecule has 6 nitrogen and oxygen atoms in total. The van der Waals surface area contributed by atoms with Gasteiger partial charge in [-0.1, -0.05) is 6.07 Å². The molecule has 1 atom stereocenters. The molecule has 0 bridgehead atoms. The molecule has 25 heavy (non-hydrogen) atoms. The summed E-state index contributed by atoms with van der Waals surface area (Å²) in [6.07, 6.45) is 4.86. The van der Waals surface area contributed by atoms with E-state index in [-0.39, 0.29) is 11.8 Å². The molecule has 0 aliphatic carbocycles. The van der Waals surface area contributed by atoms with Gasteiger partial charge in [-0.25, -0.2) is 0 Å². The van der Waals surface area contributed by atoms with Crippen molar-refractivity contribution in [1.82, 2.24) is 20.0 Å². The zero-order valence-corrected chi connectivity index (χ0v) is 15.0. The van der Waals surface area contributed by atoms with Gasteiger partial charge in [-0.05, 0) is 56.0 Å². The lowest BCUT2D eigenvalue weighted by Gasteiger charge is -2.41. The third-order valence-corrected chi connectivity index (χ3v) is 5.10. The highest BCUT2D eigenvalue weighted by molar-refractivity contribution is 5.95. The molecule has 1 aliphatic heterocycles. The summed E-state index contributed by atoms with van der Waals surface area (Å²) in [6, 6.07) is 7.54. The number of rotatable bonds is 3. The summed E-state index contributed by atoms with van der Waals surface area (Å²) in [6.45, 7) is 4.99. The topological polar surface area (TPSA) is 67.2 Å². The lowest BCUT2D eigenvalue weighted by molar-refractivity contribution is -0.132. The number of hydrogen-bond acceptors (Lipinski definition) is 3. The van der Waals surface area contributed by atoms with Crippen LogP contribution < -0.4 is 5.32 Å². The highest BCUT2D eigenvalue weighted by Crippen LogP contribution is 2.29. The van der Waals surface area contributed by atoms with Crippen LogP contribution in [0.5, 0.6) is 0 Å². The van der Waals surface area contributed by atoms with E-state index in [0.717, 1.165) is 17.5 Å². The summed E-state index contributed by atoms with van der Waals surface area (Å²) < 4.78 is 1.69. The van der Waals surface area contributed by atoms with Crippen LogP contribution in [0.15, 0.2) is 36.7 Å². The standard InChI is InChI=1S/C19H24N4O2/c1-14-6-7-16(12-15(14)2)17(24)22-10-4-8-19(13-22,18(25)20-3)23-11-5-9-21-23/h5-7,9,11-12H,4,8,10,13H2,1-3H3,(H,20,25). The maximum Gasteiger partial charge on any atom is 0.253 e. The monoisotopic (exact) mass is 340 g/mol. The maximum atomic E-state index is 13.0. The Morgan fingerprint density at radius 3 is 2.68 bits per heavy atom. The van der Waals surface area contributed by atoms with Crippen LogP contribution in [0.25, 0.3) is 0 Å². The minimum atomic E-state index is -0.855.